The zero-order chi connectivity index (χ0) is 13.8. The molecule has 0 saturated carbocycles. The molecule has 0 fully saturated rings. The highest BCUT2D eigenvalue weighted by Gasteiger charge is 2.17. The molecule has 0 radical (unpaired) electrons. The molecule has 0 bridgehead atoms. The fraction of sp³-hybridized carbons (Fsp3) is 0.286. The second-order valence-corrected chi connectivity index (χ2v) is 4.44. The van der Waals surface area contributed by atoms with Crippen LogP contribution in [0.5, 0.6) is 0 Å². The standard InChI is InChI=1S/C14H18N4O/c1-3-18(9-11-4-6-16-7-5-11)14(19)13-8-12(15)10-17(13)2/h4-8,10H,3,9,15H2,1-2H3. The Balaban J connectivity index is 2.18. The van der Waals surface area contributed by atoms with E-state index in [-0.39, 0.29) is 5.91 Å². The number of nitrogens with two attached hydrogens (primary N) is 1. The monoisotopic (exact) mass is 258 g/mol. The first-order valence-corrected chi connectivity index (χ1v) is 6.21. The molecule has 19 heavy (non-hydrogen) atoms. The number of anilines is 1. The van der Waals surface area contributed by atoms with E-state index >= 15 is 0 Å². The summed E-state index contributed by atoms with van der Waals surface area (Å²) in [6.07, 6.45) is 5.20. The molecule has 5 heteroatoms. The summed E-state index contributed by atoms with van der Waals surface area (Å²) in [6, 6.07) is 5.53. The van der Waals surface area contributed by atoms with Crippen LogP contribution < -0.4 is 5.73 Å². The summed E-state index contributed by atoms with van der Waals surface area (Å²) in [7, 11) is 1.82. The molecule has 100 valence electrons. The van der Waals surface area contributed by atoms with E-state index in [9.17, 15) is 4.79 Å². The Hall–Kier alpha value is -2.30. The lowest BCUT2D eigenvalue weighted by molar-refractivity contribution is 0.0743. The van der Waals surface area contributed by atoms with E-state index in [1.807, 2.05) is 26.1 Å². The quantitative estimate of drug-likeness (QED) is 0.907. The first-order valence-electron chi connectivity index (χ1n) is 6.21. The lowest BCUT2D eigenvalue weighted by Gasteiger charge is -2.21. The fourth-order valence-corrected chi connectivity index (χ4v) is 2.00. The van der Waals surface area contributed by atoms with Crippen LogP contribution in [0.1, 0.15) is 23.0 Å². The van der Waals surface area contributed by atoms with Crippen molar-refractivity contribution in [1.82, 2.24) is 14.5 Å². The van der Waals surface area contributed by atoms with Gasteiger partial charge in [-0.2, -0.15) is 0 Å². The summed E-state index contributed by atoms with van der Waals surface area (Å²) in [5.41, 5.74) is 7.98. The van der Waals surface area contributed by atoms with Gasteiger partial charge < -0.3 is 15.2 Å². The molecule has 0 saturated heterocycles. The third-order valence-corrected chi connectivity index (χ3v) is 3.04. The van der Waals surface area contributed by atoms with Crippen LogP contribution in [-0.4, -0.2) is 26.9 Å². The molecule has 0 aromatic carbocycles. The SMILES string of the molecule is CCN(Cc1ccncc1)C(=O)c1cc(N)cn1C. The van der Waals surface area contributed by atoms with E-state index in [1.54, 1.807) is 34.1 Å². The molecule has 5 nitrogen and oxygen atoms in total. The largest absolute Gasteiger partial charge is 0.397 e. The third kappa shape index (κ3) is 2.93. The smallest absolute Gasteiger partial charge is 0.270 e. The topological polar surface area (TPSA) is 64.2 Å². The van der Waals surface area contributed by atoms with E-state index < -0.39 is 0 Å². The maximum absolute atomic E-state index is 12.4. The predicted octanol–water partition coefficient (Wildman–Crippen LogP) is 1.66. The second kappa shape index (κ2) is 5.56. The summed E-state index contributed by atoms with van der Waals surface area (Å²) >= 11 is 0. The van der Waals surface area contributed by atoms with Gasteiger partial charge in [0, 0.05) is 38.7 Å². The third-order valence-electron chi connectivity index (χ3n) is 3.04. The summed E-state index contributed by atoms with van der Waals surface area (Å²) in [5, 5.41) is 0. The van der Waals surface area contributed by atoms with Crippen LogP contribution in [0.15, 0.2) is 36.8 Å². The molecular weight excluding hydrogens is 240 g/mol. The number of carbonyl (C=O) groups excluding carboxylic acids is 1. The Labute approximate surface area is 112 Å². The molecule has 2 N–H and O–H groups in total. The Bertz CT molecular complexity index is 562. The van der Waals surface area contributed by atoms with Gasteiger partial charge in [0.2, 0.25) is 0 Å². The minimum atomic E-state index is -0.0153. The lowest BCUT2D eigenvalue weighted by atomic mass is 10.2. The summed E-state index contributed by atoms with van der Waals surface area (Å²) in [5.74, 6) is -0.0153. The van der Waals surface area contributed by atoms with Gasteiger partial charge >= 0.3 is 0 Å². The Kier molecular flexibility index (Phi) is 3.85. The van der Waals surface area contributed by atoms with Crippen molar-refractivity contribution in [2.45, 2.75) is 13.5 Å². The normalized spacial score (nSPS) is 10.4. The van der Waals surface area contributed by atoms with Gasteiger partial charge in [-0.25, -0.2) is 0 Å². The van der Waals surface area contributed by atoms with Gasteiger partial charge in [0.05, 0.1) is 5.69 Å². The highest BCUT2D eigenvalue weighted by Crippen LogP contribution is 2.13. The molecule has 0 spiro atoms. The van der Waals surface area contributed by atoms with Gasteiger partial charge in [-0.3, -0.25) is 9.78 Å². The van der Waals surface area contributed by atoms with E-state index in [0.29, 0.717) is 24.5 Å². The first-order chi connectivity index (χ1) is 9.11. The van der Waals surface area contributed by atoms with Crippen molar-refractivity contribution in [2.24, 2.45) is 7.05 Å². The van der Waals surface area contributed by atoms with Crippen molar-refractivity contribution < 1.29 is 4.79 Å². The van der Waals surface area contributed by atoms with E-state index in [1.165, 1.54) is 0 Å². The molecule has 2 rings (SSSR count). The van der Waals surface area contributed by atoms with Crippen molar-refractivity contribution >= 4 is 11.6 Å². The second-order valence-electron chi connectivity index (χ2n) is 4.44. The van der Waals surface area contributed by atoms with Crippen molar-refractivity contribution in [3.8, 4) is 0 Å². The molecule has 0 aliphatic heterocycles. The molecule has 2 aromatic heterocycles. The minimum Gasteiger partial charge on any atom is -0.397 e. The number of aromatic nitrogens is 2. The number of carbonyl (C=O) groups is 1. The number of hydrogen-bond acceptors (Lipinski definition) is 3. The molecular formula is C14H18N4O. The van der Waals surface area contributed by atoms with Crippen LogP contribution in [0.25, 0.3) is 0 Å². The fourth-order valence-electron chi connectivity index (χ4n) is 2.00. The number of aryl methyl sites for hydroxylation is 1. The zero-order valence-electron chi connectivity index (χ0n) is 11.2. The molecule has 1 amide bonds. The van der Waals surface area contributed by atoms with Gasteiger partial charge in [0.25, 0.3) is 5.91 Å². The van der Waals surface area contributed by atoms with Crippen molar-refractivity contribution in [1.29, 1.82) is 0 Å². The maximum atomic E-state index is 12.4. The van der Waals surface area contributed by atoms with Crippen molar-refractivity contribution in [3.63, 3.8) is 0 Å². The number of hydrogen-bond donors (Lipinski definition) is 1. The van der Waals surface area contributed by atoms with Crippen molar-refractivity contribution in [2.75, 3.05) is 12.3 Å². The summed E-state index contributed by atoms with van der Waals surface area (Å²) in [4.78, 5) is 18.2. The zero-order valence-corrected chi connectivity index (χ0v) is 11.2. The van der Waals surface area contributed by atoms with Gasteiger partial charge in [-0.1, -0.05) is 0 Å². The van der Waals surface area contributed by atoms with E-state index in [4.69, 9.17) is 5.73 Å². The van der Waals surface area contributed by atoms with Crippen LogP contribution in [-0.2, 0) is 13.6 Å². The van der Waals surface area contributed by atoms with Gasteiger partial charge in [0.15, 0.2) is 0 Å². The minimum absolute atomic E-state index is 0.0153. The van der Waals surface area contributed by atoms with Gasteiger partial charge in [0.1, 0.15) is 5.69 Å². The van der Waals surface area contributed by atoms with Crippen LogP contribution in [0, 0.1) is 0 Å². The Morgan fingerprint density at radius 1 is 1.42 bits per heavy atom. The molecule has 0 aliphatic carbocycles. The molecule has 0 aliphatic rings. The highest BCUT2D eigenvalue weighted by molar-refractivity contribution is 5.93. The molecule has 0 atom stereocenters. The summed E-state index contributed by atoms with van der Waals surface area (Å²) < 4.78 is 1.76. The molecule has 0 unspecified atom stereocenters. The number of amides is 1. The van der Waals surface area contributed by atoms with Crippen LogP contribution in [0.3, 0.4) is 0 Å². The molecule has 2 heterocycles. The van der Waals surface area contributed by atoms with Crippen LogP contribution >= 0.6 is 0 Å². The Morgan fingerprint density at radius 3 is 2.63 bits per heavy atom. The average molecular weight is 258 g/mol. The summed E-state index contributed by atoms with van der Waals surface area (Å²) in [6.45, 7) is 3.18. The number of rotatable bonds is 4. The Morgan fingerprint density at radius 2 is 2.11 bits per heavy atom. The maximum Gasteiger partial charge on any atom is 0.270 e. The number of nitrogens with zero attached hydrogens (tertiary/aromatic N) is 3. The average Bonchev–Trinajstić information content (AvgIpc) is 2.75. The van der Waals surface area contributed by atoms with Gasteiger partial charge in [-0.15, -0.1) is 0 Å². The highest BCUT2D eigenvalue weighted by atomic mass is 16.2. The number of pyridine rings is 1. The van der Waals surface area contributed by atoms with Crippen molar-refractivity contribution in [3.05, 3.63) is 48.0 Å². The molecule has 2 aromatic rings. The first kappa shape index (κ1) is 13.1. The van der Waals surface area contributed by atoms with E-state index in [2.05, 4.69) is 4.98 Å². The van der Waals surface area contributed by atoms with E-state index in [0.717, 1.165) is 5.56 Å². The van der Waals surface area contributed by atoms with Crippen LogP contribution in [0.2, 0.25) is 0 Å². The lowest BCUT2D eigenvalue weighted by Crippen LogP contribution is -2.31. The number of nitrogen functional groups attached to an aromatic ring is 1. The predicted molar refractivity (Wildman–Crippen MR) is 74.5 cm³/mol. The van der Waals surface area contributed by atoms with Gasteiger partial charge in [-0.05, 0) is 30.7 Å². The van der Waals surface area contributed by atoms with Crippen LogP contribution in [0.4, 0.5) is 5.69 Å².